The number of rotatable bonds is 6. The van der Waals surface area contributed by atoms with Crippen LogP contribution in [-0.4, -0.2) is 15.0 Å². The third-order valence-corrected chi connectivity index (χ3v) is 5.66. The van der Waals surface area contributed by atoms with E-state index in [4.69, 9.17) is 5.73 Å². The third-order valence-electron chi connectivity index (χ3n) is 4.34. The first kappa shape index (κ1) is 16.5. The van der Waals surface area contributed by atoms with E-state index in [0.717, 1.165) is 29.9 Å². The Bertz CT molecular complexity index is 532. The summed E-state index contributed by atoms with van der Waals surface area (Å²) in [6.45, 7) is 3.33. The number of hydrogen-bond acceptors (Lipinski definition) is 3. The van der Waals surface area contributed by atoms with Crippen LogP contribution in [0.25, 0.3) is 0 Å². The molecule has 0 bridgehead atoms. The zero-order chi connectivity index (χ0) is 15.3. The van der Waals surface area contributed by atoms with Crippen LogP contribution in [-0.2, 0) is 22.3 Å². The molecule has 1 saturated carbocycles. The van der Waals surface area contributed by atoms with Gasteiger partial charge in [-0.3, -0.25) is 0 Å². The molecule has 1 aromatic rings. The summed E-state index contributed by atoms with van der Waals surface area (Å²) in [4.78, 5) is 0. The van der Waals surface area contributed by atoms with Gasteiger partial charge in [0.05, 0.1) is 5.75 Å². The predicted octanol–water partition coefficient (Wildman–Crippen LogP) is 2.39. The summed E-state index contributed by atoms with van der Waals surface area (Å²) in [6.07, 6.45) is 4.70. The normalized spacial score (nSPS) is 23.1. The molecule has 0 atom stereocenters. The second-order valence-electron chi connectivity index (χ2n) is 6.25. The molecule has 0 unspecified atom stereocenters. The van der Waals surface area contributed by atoms with Crippen LogP contribution in [0.4, 0.5) is 0 Å². The van der Waals surface area contributed by atoms with Gasteiger partial charge < -0.3 is 5.73 Å². The molecule has 0 aromatic heterocycles. The first-order valence-electron chi connectivity index (χ1n) is 7.74. The summed E-state index contributed by atoms with van der Waals surface area (Å²) in [7, 11) is -3.25. The molecule has 1 aliphatic carbocycles. The Hall–Kier alpha value is -0.910. The fourth-order valence-corrected chi connectivity index (χ4v) is 4.04. The Morgan fingerprint density at radius 2 is 1.67 bits per heavy atom. The minimum Gasteiger partial charge on any atom is -0.326 e. The van der Waals surface area contributed by atoms with E-state index < -0.39 is 10.0 Å². The number of nitrogens with two attached hydrogens (primary N) is 1. The molecule has 0 amide bonds. The van der Waals surface area contributed by atoms with Crippen molar-refractivity contribution in [2.75, 3.05) is 6.54 Å². The molecule has 0 heterocycles. The molecule has 4 nitrogen and oxygen atoms in total. The van der Waals surface area contributed by atoms with Gasteiger partial charge in [0.2, 0.25) is 10.0 Å². The van der Waals surface area contributed by atoms with E-state index in [-0.39, 0.29) is 5.75 Å². The molecule has 0 spiro atoms. The molecule has 0 radical (unpaired) electrons. The number of nitrogens with one attached hydrogen (secondary N) is 1. The average molecular weight is 310 g/mol. The molecule has 1 aromatic carbocycles. The van der Waals surface area contributed by atoms with Gasteiger partial charge in [-0.25, -0.2) is 13.1 Å². The SMILES string of the molecule is CC1CCC(CNS(=O)(=O)Cc2ccc(CN)cc2)CC1. The highest BCUT2D eigenvalue weighted by Gasteiger charge is 2.20. The first-order valence-corrected chi connectivity index (χ1v) is 9.39. The van der Waals surface area contributed by atoms with Crippen molar-refractivity contribution in [1.29, 1.82) is 0 Å². The molecule has 118 valence electrons. The standard InChI is InChI=1S/C16H26N2O2S/c1-13-2-4-15(5-3-13)11-18-21(19,20)12-16-8-6-14(10-17)7-9-16/h6-9,13,15,18H,2-5,10-12,17H2,1H3. The van der Waals surface area contributed by atoms with E-state index in [2.05, 4.69) is 11.6 Å². The molecular formula is C16H26N2O2S. The van der Waals surface area contributed by atoms with Crippen molar-refractivity contribution in [1.82, 2.24) is 4.72 Å². The van der Waals surface area contributed by atoms with E-state index in [0.29, 0.717) is 19.0 Å². The van der Waals surface area contributed by atoms with Crippen LogP contribution in [0.15, 0.2) is 24.3 Å². The van der Waals surface area contributed by atoms with Crippen molar-refractivity contribution in [2.45, 2.75) is 44.9 Å². The van der Waals surface area contributed by atoms with Crippen molar-refractivity contribution >= 4 is 10.0 Å². The zero-order valence-electron chi connectivity index (χ0n) is 12.7. The number of hydrogen-bond donors (Lipinski definition) is 2. The van der Waals surface area contributed by atoms with E-state index in [9.17, 15) is 8.42 Å². The Morgan fingerprint density at radius 3 is 2.24 bits per heavy atom. The maximum absolute atomic E-state index is 12.1. The van der Waals surface area contributed by atoms with Crippen LogP contribution in [0, 0.1) is 11.8 Å². The lowest BCUT2D eigenvalue weighted by molar-refractivity contribution is 0.290. The van der Waals surface area contributed by atoms with Crippen LogP contribution in [0.2, 0.25) is 0 Å². The van der Waals surface area contributed by atoms with Gasteiger partial charge in [0, 0.05) is 13.1 Å². The summed E-state index contributed by atoms with van der Waals surface area (Å²) >= 11 is 0. The lowest BCUT2D eigenvalue weighted by atomic mass is 9.83. The zero-order valence-corrected chi connectivity index (χ0v) is 13.5. The quantitative estimate of drug-likeness (QED) is 0.847. The Kier molecular flexibility index (Phi) is 5.79. The van der Waals surface area contributed by atoms with E-state index in [1.165, 1.54) is 12.8 Å². The summed E-state index contributed by atoms with van der Waals surface area (Å²) in [5.74, 6) is 1.33. The van der Waals surface area contributed by atoms with Crippen molar-refractivity contribution in [3.63, 3.8) is 0 Å². The highest BCUT2D eigenvalue weighted by atomic mass is 32.2. The van der Waals surface area contributed by atoms with Crippen molar-refractivity contribution in [3.05, 3.63) is 35.4 Å². The maximum atomic E-state index is 12.1. The maximum Gasteiger partial charge on any atom is 0.215 e. The lowest BCUT2D eigenvalue weighted by Crippen LogP contribution is -2.32. The smallest absolute Gasteiger partial charge is 0.215 e. The van der Waals surface area contributed by atoms with Gasteiger partial charge in [-0.2, -0.15) is 0 Å². The van der Waals surface area contributed by atoms with E-state index in [1.807, 2.05) is 24.3 Å². The highest BCUT2D eigenvalue weighted by molar-refractivity contribution is 7.88. The van der Waals surface area contributed by atoms with Gasteiger partial charge in [0.15, 0.2) is 0 Å². The fraction of sp³-hybridized carbons (Fsp3) is 0.625. The highest BCUT2D eigenvalue weighted by Crippen LogP contribution is 2.27. The number of sulfonamides is 1. The average Bonchev–Trinajstić information content (AvgIpc) is 2.47. The first-order chi connectivity index (χ1) is 9.98. The molecule has 0 aliphatic heterocycles. The molecule has 1 fully saturated rings. The topological polar surface area (TPSA) is 72.2 Å². The van der Waals surface area contributed by atoms with Gasteiger partial charge in [0.25, 0.3) is 0 Å². The summed E-state index contributed by atoms with van der Waals surface area (Å²) < 4.78 is 27.0. The van der Waals surface area contributed by atoms with E-state index in [1.54, 1.807) is 0 Å². The van der Waals surface area contributed by atoms with Gasteiger partial charge in [-0.05, 0) is 35.8 Å². The molecule has 0 saturated heterocycles. The molecule has 21 heavy (non-hydrogen) atoms. The van der Waals surface area contributed by atoms with Gasteiger partial charge in [0.1, 0.15) is 0 Å². The Balaban J connectivity index is 1.83. The van der Waals surface area contributed by atoms with Gasteiger partial charge >= 0.3 is 0 Å². The Morgan fingerprint density at radius 1 is 1.10 bits per heavy atom. The number of benzene rings is 1. The van der Waals surface area contributed by atoms with Crippen LogP contribution in [0.1, 0.15) is 43.7 Å². The summed E-state index contributed by atoms with van der Waals surface area (Å²) in [5.41, 5.74) is 7.35. The molecular weight excluding hydrogens is 284 g/mol. The second-order valence-corrected chi connectivity index (χ2v) is 8.06. The molecule has 2 rings (SSSR count). The van der Waals surface area contributed by atoms with Gasteiger partial charge in [-0.1, -0.05) is 44.0 Å². The summed E-state index contributed by atoms with van der Waals surface area (Å²) in [6, 6.07) is 7.44. The van der Waals surface area contributed by atoms with Gasteiger partial charge in [-0.15, -0.1) is 0 Å². The van der Waals surface area contributed by atoms with Crippen LogP contribution < -0.4 is 10.5 Å². The molecule has 5 heteroatoms. The monoisotopic (exact) mass is 310 g/mol. The third kappa shape index (κ3) is 5.41. The predicted molar refractivity (Wildman–Crippen MR) is 86.1 cm³/mol. The lowest BCUT2D eigenvalue weighted by Gasteiger charge is -2.26. The van der Waals surface area contributed by atoms with Crippen molar-refractivity contribution < 1.29 is 8.42 Å². The van der Waals surface area contributed by atoms with Crippen LogP contribution in [0.3, 0.4) is 0 Å². The largest absolute Gasteiger partial charge is 0.326 e. The Labute approximate surface area is 128 Å². The summed E-state index contributed by atoms with van der Waals surface area (Å²) in [5, 5.41) is 0. The molecule has 3 N–H and O–H groups in total. The second kappa shape index (κ2) is 7.38. The minimum atomic E-state index is -3.25. The van der Waals surface area contributed by atoms with Crippen molar-refractivity contribution in [2.24, 2.45) is 17.6 Å². The molecule has 1 aliphatic rings. The van der Waals surface area contributed by atoms with Crippen LogP contribution >= 0.6 is 0 Å². The van der Waals surface area contributed by atoms with E-state index >= 15 is 0 Å². The fourth-order valence-electron chi connectivity index (χ4n) is 2.82. The minimum absolute atomic E-state index is 0.0426. The van der Waals surface area contributed by atoms with Crippen molar-refractivity contribution in [3.8, 4) is 0 Å². The van der Waals surface area contributed by atoms with Crippen LogP contribution in [0.5, 0.6) is 0 Å².